The lowest BCUT2D eigenvalue weighted by Crippen LogP contribution is -2.54. The SMILES string of the molecule is Cl.OC1C2CC(NN2)C1O. The van der Waals surface area contributed by atoms with Crippen LogP contribution < -0.4 is 10.9 Å². The fraction of sp³-hybridized carbons (Fsp3) is 1.00. The smallest absolute Gasteiger partial charge is 0.0981 e. The second kappa shape index (κ2) is 2.64. The number of hydrazine groups is 1. The average Bonchev–Trinajstić information content (AvgIpc) is 2.37. The molecule has 4 unspecified atom stereocenters. The summed E-state index contributed by atoms with van der Waals surface area (Å²) in [4.78, 5) is 0. The highest BCUT2D eigenvalue weighted by Gasteiger charge is 2.45. The zero-order valence-corrected chi connectivity index (χ0v) is 6.14. The molecule has 4 N–H and O–H groups in total. The molecule has 1 aliphatic heterocycles. The van der Waals surface area contributed by atoms with Crippen molar-refractivity contribution >= 4 is 12.4 Å². The summed E-state index contributed by atoms with van der Waals surface area (Å²) in [5.74, 6) is 0. The molecule has 10 heavy (non-hydrogen) atoms. The van der Waals surface area contributed by atoms with Crippen LogP contribution in [0.4, 0.5) is 0 Å². The summed E-state index contributed by atoms with van der Waals surface area (Å²) in [6.45, 7) is 0. The predicted octanol–water partition coefficient (Wildman–Crippen LogP) is -1.62. The van der Waals surface area contributed by atoms with Gasteiger partial charge in [-0.3, -0.25) is 10.9 Å². The Hall–Kier alpha value is 0.130. The summed E-state index contributed by atoms with van der Waals surface area (Å²) in [7, 11) is 0. The van der Waals surface area contributed by atoms with Gasteiger partial charge < -0.3 is 10.2 Å². The molecule has 0 amide bonds. The Morgan fingerprint density at radius 3 is 1.60 bits per heavy atom. The van der Waals surface area contributed by atoms with Crippen LogP contribution in [0.3, 0.4) is 0 Å². The molecular formula is C5H11ClN2O2. The molecule has 2 rings (SSSR count). The van der Waals surface area contributed by atoms with E-state index < -0.39 is 12.2 Å². The second-order valence-electron chi connectivity index (χ2n) is 2.72. The van der Waals surface area contributed by atoms with Crippen molar-refractivity contribution in [3.8, 4) is 0 Å². The lowest BCUT2D eigenvalue weighted by Gasteiger charge is -2.23. The first-order chi connectivity index (χ1) is 4.29. The Balaban J connectivity index is 0.000000500. The molecule has 5 heteroatoms. The van der Waals surface area contributed by atoms with Gasteiger partial charge in [0.15, 0.2) is 0 Å². The maximum atomic E-state index is 9.14. The Labute approximate surface area is 65.0 Å². The van der Waals surface area contributed by atoms with E-state index in [1.807, 2.05) is 0 Å². The van der Waals surface area contributed by atoms with Crippen molar-refractivity contribution in [2.45, 2.75) is 30.7 Å². The molecule has 0 radical (unpaired) electrons. The first-order valence-corrected chi connectivity index (χ1v) is 3.16. The summed E-state index contributed by atoms with van der Waals surface area (Å²) in [6.07, 6.45) is -0.310. The summed E-state index contributed by atoms with van der Waals surface area (Å²) in [6, 6.07) is 0.120. The number of rotatable bonds is 0. The number of aliphatic hydroxyl groups excluding tert-OH is 2. The number of hydrogen-bond donors (Lipinski definition) is 4. The zero-order chi connectivity index (χ0) is 6.43. The van der Waals surface area contributed by atoms with Crippen LogP contribution in [0.15, 0.2) is 0 Å². The Morgan fingerprint density at radius 1 is 1.00 bits per heavy atom. The maximum absolute atomic E-state index is 9.14. The van der Waals surface area contributed by atoms with E-state index in [4.69, 9.17) is 10.2 Å². The molecule has 0 spiro atoms. The number of aliphatic hydroxyl groups is 2. The first-order valence-electron chi connectivity index (χ1n) is 3.16. The third-order valence-corrected chi connectivity index (χ3v) is 2.14. The highest BCUT2D eigenvalue weighted by Crippen LogP contribution is 2.24. The van der Waals surface area contributed by atoms with Crippen molar-refractivity contribution in [3.05, 3.63) is 0 Å². The quantitative estimate of drug-likeness (QED) is 0.349. The molecule has 0 aromatic heterocycles. The van der Waals surface area contributed by atoms with Gasteiger partial charge in [0.1, 0.15) is 0 Å². The maximum Gasteiger partial charge on any atom is 0.0981 e. The Morgan fingerprint density at radius 2 is 1.40 bits per heavy atom. The topological polar surface area (TPSA) is 64.5 Å². The predicted molar refractivity (Wildman–Crippen MR) is 37.7 cm³/mol. The molecule has 1 heterocycles. The molecule has 1 saturated carbocycles. The summed E-state index contributed by atoms with van der Waals surface area (Å²) in [5.41, 5.74) is 5.75. The van der Waals surface area contributed by atoms with Gasteiger partial charge in [0.25, 0.3) is 0 Å². The molecular weight excluding hydrogens is 156 g/mol. The van der Waals surface area contributed by atoms with E-state index in [1.54, 1.807) is 0 Å². The van der Waals surface area contributed by atoms with E-state index >= 15 is 0 Å². The van der Waals surface area contributed by atoms with E-state index in [1.165, 1.54) is 0 Å². The molecule has 60 valence electrons. The lowest BCUT2D eigenvalue weighted by molar-refractivity contribution is -0.00441. The van der Waals surface area contributed by atoms with Crippen LogP contribution in [-0.2, 0) is 0 Å². The monoisotopic (exact) mass is 166 g/mol. The van der Waals surface area contributed by atoms with Crippen molar-refractivity contribution in [1.29, 1.82) is 0 Å². The van der Waals surface area contributed by atoms with Crippen LogP contribution >= 0.6 is 12.4 Å². The van der Waals surface area contributed by atoms with Gasteiger partial charge in [-0.1, -0.05) is 0 Å². The van der Waals surface area contributed by atoms with Gasteiger partial charge in [0.05, 0.1) is 24.3 Å². The van der Waals surface area contributed by atoms with E-state index in [9.17, 15) is 0 Å². The minimum absolute atomic E-state index is 0. The molecule has 4 atom stereocenters. The van der Waals surface area contributed by atoms with Crippen molar-refractivity contribution in [3.63, 3.8) is 0 Å². The normalized spacial score (nSPS) is 51.0. The van der Waals surface area contributed by atoms with Gasteiger partial charge >= 0.3 is 0 Å². The van der Waals surface area contributed by atoms with Crippen LogP contribution in [0, 0.1) is 0 Å². The molecule has 2 aliphatic rings. The minimum Gasteiger partial charge on any atom is -0.389 e. The van der Waals surface area contributed by atoms with E-state index in [0.717, 1.165) is 6.42 Å². The molecule has 0 aromatic rings. The zero-order valence-electron chi connectivity index (χ0n) is 5.32. The van der Waals surface area contributed by atoms with E-state index in [2.05, 4.69) is 10.9 Å². The van der Waals surface area contributed by atoms with Gasteiger partial charge in [0.2, 0.25) is 0 Å². The van der Waals surface area contributed by atoms with Gasteiger partial charge in [-0.05, 0) is 6.42 Å². The third kappa shape index (κ3) is 0.926. The Bertz CT molecular complexity index is 117. The second-order valence-corrected chi connectivity index (χ2v) is 2.72. The summed E-state index contributed by atoms with van der Waals surface area (Å²) in [5, 5.41) is 18.3. The van der Waals surface area contributed by atoms with Crippen LogP contribution in [0.1, 0.15) is 6.42 Å². The molecule has 4 nitrogen and oxygen atoms in total. The minimum atomic E-state index is -0.573. The van der Waals surface area contributed by atoms with Crippen LogP contribution in [0.25, 0.3) is 0 Å². The van der Waals surface area contributed by atoms with Crippen molar-refractivity contribution in [2.75, 3.05) is 0 Å². The van der Waals surface area contributed by atoms with Crippen molar-refractivity contribution in [1.82, 2.24) is 10.9 Å². The van der Waals surface area contributed by atoms with Gasteiger partial charge in [-0.2, -0.15) is 0 Å². The fourth-order valence-corrected chi connectivity index (χ4v) is 1.53. The number of halogens is 1. The average molecular weight is 167 g/mol. The van der Waals surface area contributed by atoms with Gasteiger partial charge in [0, 0.05) is 0 Å². The number of hydrogen-bond acceptors (Lipinski definition) is 4. The van der Waals surface area contributed by atoms with Crippen molar-refractivity contribution in [2.24, 2.45) is 0 Å². The van der Waals surface area contributed by atoms with Gasteiger partial charge in [-0.15, -0.1) is 12.4 Å². The number of fused-ring (bicyclic) bond motifs is 2. The fourth-order valence-electron chi connectivity index (χ4n) is 1.53. The largest absolute Gasteiger partial charge is 0.389 e. The molecule has 0 aromatic carbocycles. The first kappa shape index (κ1) is 8.23. The molecule has 1 saturated heterocycles. The van der Waals surface area contributed by atoms with Crippen molar-refractivity contribution < 1.29 is 10.2 Å². The Kier molecular flexibility index (Phi) is 2.17. The molecule has 2 fully saturated rings. The van der Waals surface area contributed by atoms with Crippen LogP contribution in [-0.4, -0.2) is 34.5 Å². The highest BCUT2D eigenvalue weighted by molar-refractivity contribution is 5.85. The molecule has 1 aliphatic carbocycles. The summed E-state index contributed by atoms with van der Waals surface area (Å²) >= 11 is 0. The van der Waals surface area contributed by atoms with Gasteiger partial charge in [-0.25, -0.2) is 0 Å². The van der Waals surface area contributed by atoms with Crippen LogP contribution in [0.2, 0.25) is 0 Å². The van der Waals surface area contributed by atoms with Crippen LogP contribution in [0.5, 0.6) is 0 Å². The number of nitrogens with one attached hydrogen (secondary N) is 2. The third-order valence-electron chi connectivity index (χ3n) is 2.14. The van der Waals surface area contributed by atoms with E-state index in [-0.39, 0.29) is 24.5 Å². The van der Waals surface area contributed by atoms with E-state index in [0.29, 0.717) is 0 Å². The lowest BCUT2D eigenvalue weighted by atomic mass is 10.2. The highest BCUT2D eigenvalue weighted by atomic mass is 35.5. The molecule has 2 bridgehead atoms. The summed E-state index contributed by atoms with van der Waals surface area (Å²) < 4.78 is 0. The standard InChI is InChI=1S/C5H10N2O2.ClH/c8-4-2-1-3(5(4)9)7-6-2;/h2-9H,1H2;1H.